The number of carbonyl (C=O) groups excluding carboxylic acids is 1. The van der Waals surface area contributed by atoms with Crippen molar-refractivity contribution in [2.24, 2.45) is 0 Å². The van der Waals surface area contributed by atoms with Crippen LogP contribution < -0.4 is 14.4 Å². The van der Waals surface area contributed by atoms with Crippen molar-refractivity contribution in [1.82, 2.24) is 0 Å². The molecule has 7 heteroatoms. The first-order valence-corrected chi connectivity index (χ1v) is 9.83. The van der Waals surface area contributed by atoms with Crippen molar-refractivity contribution >= 4 is 61.9 Å². The summed E-state index contributed by atoms with van der Waals surface area (Å²) >= 11 is 10.1. The third-order valence-electron chi connectivity index (χ3n) is 3.66. The van der Waals surface area contributed by atoms with Gasteiger partial charge in [0, 0.05) is 10.0 Å². The van der Waals surface area contributed by atoms with E-state index in [4.69, 9.17) is 28.1 Å². The van der Waals surface area contributed by atoms with E-state index in [0.717, 1.165) is 10.2 Å². The van der Waals surface area contributed by atoms with Crippen LogP contribution in [0, 0.1) is 12.3 Å². The Morgan fingerprint density at radius 1 is 1.33 bits per heavy atom. The second-order valence-corrected chi connectivity index (χ2v) is 7.96. The van der Waals surface area contributed by atoms with E-state index in [-0.39, 0.29) is 12.5 Å². The lowest BCUT2D eigenvalue weighted by Crippen LogP contribution is -2.27. The molecule has 1 fully saturated rings. The summed E-state index contributed by atoms with van der Waals surface area (Å²) in [5.41, 5.74) is 1.41. The Morgan fingerprint density at radius 2 is 2.07 bits per heavy atom. The normalized spacial score (nSPS) is 15.1. The summed E-state index contributed by atoms with van der Waals surface area (Å²) < 4.78 is 12.3. The summed E-state index contributed by atoms with van der Waals surface area (Å²) in [6.07, 6.45) is 7.05. The summed E-state index contributed by atoms with van der Waals surface area (Å²) in [5.74, 6) is 3.25. The third kappa shape index (κ3) is 4.19. The van der Waals surface area contributed by atoms with Gasteiger partial charge in [-0.2, -0.15) is 0 Å². The van der Waals surface area contributed by atoms with E-state index in [1.165, 1.54) is 16.7 Å². The van der Waals surface area contributed by atoms with Gasteiger partial charge in [0.2, 0.25) is 0 Å². The molecule has 0 spiro atoms. The lowest BCUT2D eigenvalue weighted by Gasteiger charge is -2.14. The zero-order chi connectivity index (χ0) is 19.4. The van der Waals surface area contributed by atoms with Crippen molar-refractivity contribution in [3.63, 3.8) is 0 Å². The molecule has 1 aliphatic heterocycles. The highest BCUT2D eigenvalue weighted by Crippen LogP contribution is 2.40. The number of carbonyl (C=O) groups is 1. The van der Waals surface area contributed by atoms with E-state index in [1.54, 1.807) is 19.3 Å². The maximum atomic E-state index is 12.9. The standard InChI is InChI=1S/C20H14BrNO3S2/c1-3-9-25-18-13(10-14(21)12-16(18)24-2)11-17-19(23)22(20(26)27-17)15-7-5-4-6-8-15/h1,4-8,10-12H,9H2,2H3/b17-11+. The van der Waals surface area contributed by atoms with Crippen molar-refractivity contribution in [2.45, 2.75) is 0 Å². The van der Waals surface area contributed by atoms with Gasteiger partial charge in [-0.3, -0.25) is 9.69 Å². The van der Waals surface area contributed by atoms with Gasteiger partial charge in [0.25, 0.3) is 5.91 Å². The van der Waals surface area contributed by atoms with Crippen LogP contribution in [0.5, 0.6) is 11.5 Å². The van der Waals surface area contributed by atoms with Crippen molar-refractivity contribution < 1.29 is 14.3 Å². The number of rotatable bonds is 5. The highest BCUT2D eigenvalue weighted by molar-refractivity contribution is 9.10. The Hall–Kier alpha value is -2.27. The topological polar surface area (TPSA) is 38.8 Å². The first-order valence-electron chi connectivity index (χ1n) is 7.82. The van der Waals surface area contributed by atoms with Crippen LogP contribution in [-0.2, 0) is 4.79 Å². The highest BCUT2D eigenvalue weighted by Gasteiger charge is 2.33. The van der Waals surface area contributed by atoms with Crippen LogP contribution in [0.25, 0.3) is 6.08 Å². The number of hydrogen-bond donors (Lipinski definition) is 0. The third-order valence-corrected chi connectivity index (χ3v) is 5.42. The second kappa shape index (κ2) is 8.61. The molecule has 0 N–H and O–H groups in total. The summed E-state index contributed by atoms with van der Waals surface area (Å²) in [6.45, 7) is 0.0871. The van der Waals surface area contributed by atoms with Gasteiger partial charge >= 0.3 is 0 Å². The van der Waals surface area contributed by atoms with Crippen molar-refractivity contribution in [2.75, 3.05) is 18.6 Å². The lowest BCUT2D eigenvalue weighted by molar-refractivity contribution is -0.113. The van der Waals surface area contributed by atoms with Crippen LogP contribution in [0.1, 0.15) is 5.56 Å². The van der Waals surface area contributed by atoms with E-state index >= 15 is 0 Å². The van der Waals surface area contributed by atoms with E-state index < -0.39 is 0 Å². The van der Waals surface area contributed by atoms with Crippen LogP contribution in [0.2, 0.25) is 0 Å². The van der Waals surface area contributed by atoms with Crippen LogP contribution >= 0.6 is 39.9 Å². The Morgan fingerprint density at radius 3 is 2.74 bits per heavy atom. The van der Waals surface area contributed by atoms with Gasteiger partial charge in [-0.15, -0.1) is 6.42 Å². The van der Waals surface area contributed by atoms with Gasteiger partial charge in [-0.05, 0) is 30.3 Å². The minimum Gasteiger partial charge on any atom is -0.493 e. The molecular formula is C20H14BrNO3S2. The molecule has 2 aromatic carbocycles. The largest absolute Gasteiger partial charge is 0.493 e. The summed E-state index contributed by atoms with van der Waals surface area (Å²) in [5, 5.41) is 0. The fourth-order valence-electron chi connectivity index (χ4n) is 2.52. The van der Waals surface area contributed by atoms with Gasteiger partial charge in [-0.1, -0.05) is 64.0 Å². The number of thiocarbonyl (C=S) groups is 1. The molecule has 1 amide bonds. The molecular weight excluding hydrogens is 446 g/mol. The maximum absolute atomic E-state index is 12.9. The minimum absolute atomic E-state index is 0.0871. The number of anilines is 1. The van der Waals surface area contributed by atoms with Crippen molar-refractivity contribution in [3.8, 4) is 23.8 Å². The van der Waals surface area contributed by atoms with Crippen LogP contribution in [0.15, 0.2) is 51.8 Å². The zero-order valence-electron chi connectivity index (χ0n) is 14.3. The Balaban J connectivity index is 2.02. The first-order chi connectivity index (χ1) is 13.0. The molecule has 1 aliphatic rings. The average Bonchev–Trinajstić information content (AvgIpc) is 2.94. The van der Waals surface area contributed by atoms with Gasteiger partial charge in [-0.25, -0.2) is 0 Å². The molecule has 136 valence electrons. The molecule has 3 rings (SSSR count). The fourth-order valence-corrected chi connectivity index (χ4v) is 4.27. The number of ether oxygens (including phenoxy) is 2. The molecule has 2 aromatic rings. The Kier molecular flexibility index (Phi) is 6.22. The molecule has 4 nitrogen and oxygen atoms in total. The molecule has 0 atom stereocenters. The number of halogens is 1. The van der Waals surface area contributed by atoms with Gasteiger partial charge < -0.3 is 9.47 Å². The predicted molar refractivity (Wildman–Crippen MR) is 117 cm³/mol. The van der Waals surface area contributed by atoms with E-state index in [0.29, 0.717) is 26.3 Å². The number of terminal acetylenes is 1. The average molecular weight is 460 g/mol. The summed E-state index contributed by atoms with van der Waals surface area (Å²) in [7, 11) is 1.54. The number of amides is 1. The van der Waals surface area contributed by atoms with Crippen LogP contribution in [0.3, 0.4) is 0 Å². The first kappa shape index (κ1) is 19.5. The molecule has 0 bridgehead atoms. The van der Waals surface area contributed by atoms with Crippen molar-refractivity contribution in [1.29, 1.82) is 0 Å². The number of hydrogen-bond acceptors (Lipinski definition) is 5. The molecule has 0 aliphatic carbocycles. The predicted octanol–water partition coefficient (Wildman–Crippen LogP) is 4.88. The smallest absolute Gasteiger partial charge is 0.270 e. The number of methoxy groups -OCH3 is 1. The SMILES string of the molecule is C#CCOc1c(/C=C2/SC(=S)N(c3ccccc3)C2=O)cc(Br)cc1OC. The second-order valence-electron chi connectivity index (χ2n) is 5.37. The quantitative estimate of drug-likeness (QED) is 0.362. The number of nitrogens with zero attached hydrogens (tertiary/aromatic N) is 1. The van der Waals surface area contributed by atoms with Crippen molar-refractivity contribution in [3.05, 3.63) is 57.4 Å². The fraction of sp³-hybridized carbons (Fsp3) is 0.100. The minimum atomic E-state index is -0.182. The molecule has 27 heavy (non-hydrogen) atoms. The van der Waals surface area contributed by atoms with E-state index in [1.807, 2.05) is 36.4 Å². The Labute approximate surface area is 175 Å². The summed E-state index contributed by atoms with van der Waals surface area (Å²) in [6, 6.07) is 12.9. The zero-order valence-corrected chi connectivity index (χ0v) is 17.5. The molecule has 0 aromatic heterocycles. The highest BCUT2D eigenvalue weighted by atomic mass is 79.9. The number of thioether (sulfide) groups is 1. The Bertz CT molecular complexity index is 967. The van der Waals surface area contributed by atoms with E-state index in [2.05, 4.69) is 21.9 Å². The number of para-hydroxylation sites is 1. The summed E-state index contributed by atoms with van der Waals surface area (Å²) in [4.78, 5) is 14.9. The molecule has 0 unspecified atom stereocenters. The van der Waals surface area contributed by atoms with Gasteiger partial charge in [0.15, 0.2) is 15.8 Å². The van der Waals surface area contributed by atoms with Gasteiger partial charge in [0.05, 0.1) is 17.7 Å². The monoisotopic (exact) mass is 459 g/mol. The number of benzene rings is 2. The lowest BCUT2D eigenvalue weighted by atomic mass is 10.1. The van der Waals surface area contributed by atoms with Gasteiger partial charge in [0.1, 0.15) is 6.61 Å². The maximum Gasteiger partial charge on any atom is 0.270 e. The molecule has 0 saturated carbocycles. The molecule has 1 heterocycles. The molecule has 0 radical (unpaired) electrons. The van der Waals surface area contributed by atoms with Crippen LogP contribution in [-0.4, -0.2) is 23.9 Å². The van der Waals surface area contributed by atoms with Crippen LogP contribution in [0.4, 0.5) is 5.69 Å². The van der Waals surface area contributed by atoms with E-state index in [9.17, 15) is 4.79 Å². The molecule has 1 saturated heterocycles.